The monoisotopic (exact) mass is 1320 g/mol. The van der Waals surface area contributed by atoms with Gasteiger partial charge in [-0.2, -0.15) is 10.5 Å². The minimum atomic E-state index is -0.342. The lowest BCUT2D eigenvalue weighted by atomic mass is 9.98. The van der Waals surface area contributed by atoms with Crippen molar-refractivity contribution >= 4 is 79.6 Å². The van der Waals surface area contributed by atoms with Crippen LogP contribution in [0.3, 0.4) is 0 Å². The fraction of sp³-hybridized carbons (Fsp3) is 0.362. The van der Waals surface area contributed by atoms with Crippen molar-refractivity contribution in [3.05, 3.63) is 143 Å². The molecule has 2 aromatic carbocycles. The van der Waals surface area contributed by atoms with E-state index in [1.54, 1.807) is 31.2 Å². The number of anilines is 6. The highest BCUT2D eigenvalue weighted by Crippen LogP contribution is 2.40. The number of carbonyl (C=O) groups is 2. The van der Waals surface area contributed by atoms with Crippen molar-refractivity contribution in [2.45, 2.75) is 85.7 Å². The number of fused-ring (bicyclic) bond motifs is 2. The molecule has 8 aromatic heterocycles. The molecular weight excluding hydrogens is 1240 g/mol. The molecule has 4 aliphatic rings. The minimum absolute atomic E-state index is 0. The number of hydrogen-bond acceptors (Lipinski definition) is 20. The highest BCUT2D eigenvalue weighted by atomic mass is 32.1. The predicted octanol–water partition coefficient (Wildman–Crippen LogP) is 10.8. The summed E-state index contributed by atoms with van der Waals surface area (Å²) in [5.74, 6) is 2.38. The van der Waals surface area contributed by atoms with Crippen LogP contribution >= 0.6 is 22.7 Å². The molecule has 0 aliphatic carbocycles. The Morgan fingerprint density at radius 2 is 0.926 bits per heavy atom. The number of thiazole rings is 2. The minimum Gasteiger partial charge on any atom is -0.353 e. The highest BCUT2D eigenvalue weighted by Gasteiger charge is 2.37. The number of nitrogens with one attached hydrogen (secondary N) is 4. The van der Waals surface area contributed by atoms with Crippen LogP contribution in [0.1, 0.15) is 83.3 Å². The zero-order valence-corrected chi connectivity index (χ0v) is 54.5. The number of halogens is 2. The van der Waals surface area contributed by atoms with Crippen molar-refractivity contribution in [2.75, 3.05) is 86.1 Å². The van der Waals surface area contributed by atoms with E-state index >= 15 is 0 Å². The zero-order chi connectivity index (χ0) is 66.3. The Balaban J connectivity index is 0.000000186. The summed E-state index contributed by atoms with van der Waals surface area (Å²) < 4.78 is 37.3. The van der Waals surface area contributed by atoms with Gasteiger partial charge in [-0.3, -0.25) is 18.4 Å². The van der Waals surface area contributed by atoms with Crippen molar-refractivity contribution in [1.29, 1.82) is 10.5 Å². The number of hydrogen-bond donors (Lipinski definition) is 4. The molecule has 4 saturated heterocycles. The molecule has 4 N–H and O–H groups in total. The number of nitrogens with zero attached hydrogens (tertiary/aromatic N) is 16. The van der Waals surface area contributed by atoms with Crippen LogP contribution in [-0.2, 0) is 22.4 Å². The molecule has 14 rings (SSSR count). The van der Waals surface area contributed by atoms with Gasteiger partial charge in [-0.1, -0.05) is 57.8 Å². The van der Waals surface area contributed by atoms with Gasteiger partial charge in [-0.15, -0.1) is 0 Å². The summed E-state index contributed by atoms with van der Waals surface area (Å²) in [6.07, 6.45) is 16.5. The zero-order valence-electron chi connectivity index (χ0n) is 53.9. The molecule has 4 aliphatic heterocycles. The van der Waals surface area contributed by atoms with Gasteiger partial charge in [0.1, 0.15) is 67.8 Å². The van der Waals surface area contributed by atoms with Crippen molar-refractivity contribution in [3.8, 4) is 56.9 Å². The van der Waals surface area contributed by atoms with Gasteiger partial charge in [-0.05, 0) is 138 Å². The van der Waals surface area contributed by atoms with Crippen LogP contribution in [0.4, 0.5) is 42.6 Å². The summed E-state index contributed by atoms with van der Waals surface area (Å²) in [4.78, 5) is 72.0. The summed E-state index contributed by atoms with van der Waals surface area (Å²) in [6, 6.07) is 24.9. The number of aromatic nitrogens is 10. The van der Waals surface area contributed by atoms with Crippen LogP contribution in [0.5, 0.6) is 0 Å². The second-order valence-corrected chi connectivity index (χ2v) is 25.2. The Morgan fingerprint density at radius 3 is 1.26 bits per heavy atom. The number of benzene rings is 2. The van der Waals surface area contributed by atoms with E-state index in [1.807, 2.05) is 104 Å². The Bertz CT molecular complexity index is 4150. The lowest BCUT2D eigenvalue weighted by Gasteiger charge is -2.39. The van der Waals surface area contributed by atoms with Gasteiger partial charge in [0.25, 0.3) is 0 Å². The number of rotatable bonds is 16. The Morgan fingerprint density at radius 1 is 0.579 bits per heavy atom. The van der Waals surface area contributed by atoms with Crippen LogP contribution in [0.2, 0.25) is 0 Å². The summed E-state index contributed by atoms with van der Waals surface area (Å²) in [5, 5.41) is 34.0. The van der Waals surface area contributed by atoms with Crippen molar-refractivity contribution in [1.82, 2.24) is 69.9 Å². The standard InChI is InChI=1S/2C33H33FN10OS.C2H6.CH4/c2*1-3-26-31(42(2)33-41-29(27(14-35)46-33)20-4-7-24(34)8-5-20)44-19-21(6-9-28(44)40-26)22-15-37-32(38-16-22)43-17-23(18-43)30(45)39-25-10-12-36-13-11-25;1-2;/h2*4-9,15-16,19,23,25,36H,3,10-13,17-18H2,1-2H3,(H,39,45);1-2H3;1H4/i;;1D;. The first kappa shape index (κ1) is 65.2. The number of piperidine rings is 2. The fourth-order valence-corrected chi connectivity index (χ4v) is 13.7. The third kappa shape index (κ3) is 14.2. The topological polar surface area (TPSA) is 255 Å². The summed E-state index contributed by atoms with van der Waals surface area (Å²) in [7, 11) is 3.82. The van der Waals surface area contributed by atoms with Gasteiger partial charge in [0.2, 0.25) is 23.7 Å². The van der Waals surface area contributed by atoms with E-state index in [0.29, 0.717) is 100 Å². The lowest BCUT2D eigenvalue weighted by Crippen LogP contribution is -2.56. The van der Waals surface area contributed by atoms with Crippen molar-refractivity contribution in [2.24, 2.45) is 11.8 Å². The summed E-state index contributed by atoms with van der Waals surface area (Å²) >= 11 is 2.56. The van der Waals surface area contributed by atoms with Gasteiger partial charge in [0, 0.05) is 124 Å². The third-order valence-electron chi connectivity index (χ3n) is 17.3. The second-order valence-electron chi connectivity index (χ2n) is 23.3. The van der Waals surface area contributed by atoms with E-state index in [4.69, 9.17) is 21.3 Å². The highest BCUT2D eigenvalue weighted by molar-refractivity contribution is 7.17. The molecule has 0 unspecified atom stereocenters. The van der Waals surface area contributed by atoms with Gasteiger partial charge in [-0.25, -0.2) is 48.7 Å². The molecule has 0 radical (unpaired) electrons. The van der Waals surface area contributed by atoms with E-state index in [2.05, 4.69) is 67.2 Å². The Kier molecular flexibility index (Phi) is 20.3. The molecule has 0 spiro atoms. The van der Waals surface area contributed by atoms with E-state index in [1.165, 1.54) is 46.9 Å². The summed E-state index contributed by atoms with van der Waals surface area (Å²) in [6.45, 7) is 12.6. The number of nitriles is 2. The van der Waals surface area contributed by atoms with Crippen molar-refractivity contribution < 1.29 is 19.7 Å². The summed E-state index contributed by atoms with van der Waals surface area (Å²) in [5.41, 5.74) is 9.30. The molecule has 2 amide bonds. The SMILES string of the molecule is C.CCc1nc2ccc(-c3cnc(N4CC(C(=O)NC5CCNCC5)C4)nc3)cn2c1N(C)c1nc(-c2ccc(F)cc2)c(C#N)s1.CCc1nc2ccc(-c3cnc(N4CC(C(=O)NC5CCNCC5)C4)nc3)cn2c1N(C)c1nc(-c2ccc(F)cc2)c(C#N)s1.[2H]CC. The number of aryl methyl sites for hydroxylation is 2. The van der Waals surface area contributed by atoms with Crippen LogP contribution in [0.15, 0.2) is 110 Å². The van der Waals surface area contributed by atoms with Crippen LogP contribution in [0.25, 0.3) is 56.1 Å². The molecule has 10 aromatic rings. The molecule has 4 fully saturated rings. The molecule has 0 saturated carbocycles. The Hall–Kier alpha value is -9.86. The molecular formula is C69H76F2N20O2S2. The quantitative estimate of drug-likeness (QED) is 0.0701. The fourth-order valence-electron chi connectivity index (χ4n) is 12.0. The number of pyridine rings is 2. The molecule has 22 nitrogen and oxygen atoms in total. The lowest BCUT2D eigenvalue weighted by molar-refractivity contribution is -0.127. The van der Waals surface area contributed by atoms with E-state index in [-0.39, 0.29) is 54.8 Å². The largest absolute Gasteiger partial charge is 0.353 e. The molecule has 0 atom stereocenters. The third-order valence-corrected chi connectivity index (χ3v) is 19.3. The normalized spacial score (nSPS) is 15.2. The van der Waals surface area contributed by atoms with Crippen molar-refractivity contribution in [3.63, 3.8) is 0 Å². The van der Waals surface area contributed by atoms with E-state index in [0.717, 1.165) is 108 Å². The average Bonchev–Trinajstić information content (AvgIpc) is 1.58. The maximum Gasteiger partial charge on any atom is 0.226 e. The predicted molar refractivity (Wildman–Crippen MR) is 369 cm³/mol. The molecule has 0 bridgehead atoms. The van der Waals surface area contributed by atoms with Crippen LogP contribution < -0.4 is 40.9 Å². The molecule has 490 valence electrons. The second kappa shape index (κ2) is 29.6. The van der Waals surface area contributed by atoms with Crippen LogP contribution in [-0.4, -0.2) is 139 Å². The van der Waals surface area contributed by atoms with Gasteiger partial charge in [0.15, 0.2) is 10.3 Å². The Labute approximate surface area is 560 Å². The average molecular weight is 1320 g/mol. The first-order valence-electron chi connectivity index (χ1n) is 32.2. The first-order chi connectivity index (χ1) is 46.2. The van der Waals surface area contributed by atoms with Crippen LogP contribution in [0, 0.1) is 46.1 Å². The number of amides is 2. The van der Waals surface area contributed by atoms with E-state index < -0.39 is 0 Å². The maximum atomic E-state index is 13.5. The van der Waals surface area contributed by atoms with Gasteiger partial charge < -0.3 is 40.9 Å². The molecule has 95 heavy (non-hydrogen) atoms. The smallest absolute Gasteiger partial charge is 0.226 e. The molecule has 12 heterocycles. The number of carbonyl (C=O) groups excluding carboxylic acids is 2. The maximum absolute atomic E-state index is 13.5. The van der Waals surface area contributed by atoms with Gasteiger partial charge in [0.05, 0.1) is 23.2 Å². The number of imidazole rings is 2. The first-order valence-corrected chi connectivity index (χ1v) is 33.2. The molecule has 26 heteroatoms. The van der Waals surface area contributed by atoms with E-state index in [9.17, 15) is 28.9 Å². The van der Waals surface area contributed by atoms with Gasteiger partial charge >= 0.3 is 0 Å².